The van der Waals surface area contributed by atoms with E-state index in [1.165, 1.54) is 17.4 Å². The number of nitrogens with zero attached hydrogens (tertiary/aromatic N) is 2. The fourth-order valence-electron chi connectivity index (χ4n) is 2.16. The monoisotopic (exact) mass is 266 g/mol. The van der Waals surface area contributed by atoms with Crippen LogP contribution in [0.2, 0.25) is 0 Å². The van der Waals surface area contributed by atoms with Crippen molar-refractivity contribution in [3.05, 3.63) is 18.2 Å². The van der Waals surface area contributed by atoms with Crippen molar-refractivity contribution in [3.63, 3.8) is 0 Å². The maximum atomic E-state index is 11.8. The molecular formula is C11H14N4O4. The highest BCUT2D eigenvalue weighted by Gasteiger charge is 2.39. The van der Waals surface area contributed by atoms with E-state index < -0.39 is 23.8 Å². The number of primary amides is 1. The van der Waals surface area contributed by atoms with E-state index in [-0.39, 0.29) is 25.3 Å². The van der Waals surface area contributed by atoms with Gasteiger partial charge in [0.05, 0.1) is 12.2 Å². The molecule has 1 saturated heterocycles. The van der Waals surface area contributed by atoms with Crippen LogP contribution in [0, 0.1) is 5.92 Å². The largest absolute Gasteiger partial charge is 0.480 e. The van der Waals surface area contributed by atoms with Gasteiger partial charge in [0.25, 0.3) is 0 Å². The van der Waals surface area contributed by atoms with Crippen molar-refractivity contribution in [3.8, 4) is 0 Å². The van der Waals surface area contributed by atoms with Crippen LogP contribution in [0.25, 0.3) is 0 Å². The third kappa shape index (κ3) is 2.72. The number of amides is 2. The SMILES string of the molecule is NC(=O)C1CC(=O)N([C@@H](Cc2cnc[nH]2)C(=O)O)C1. The quantitative estimate of drug-likeness (QED) is 0.612. The van der Waals surface area contributed by atoms with E-state index in [2.05, 4.69) is 9.97 Å². The number of carboxylic acids is 1. The number of carbonyl (C=O) groups excluding carboxylic acids is 2. The molecule has 2 amide bonds. The lowest BCUT2D eigenvalue weighted by Crippen LogP contribution is -2.44. The third-order valence-corrected chi connectivity index (χ3v) is 3.19. The van der Waals surface area contributed by atoms with E-state index in [4.69, 9.17) is 5.73 Å². The van der Waals surface area contributed by atoms with Gasteiger partial charge in [-0.2, -0.15) is 0 Å². The van der Waals surface area contributed by atoms with Crippen molar-refractivity contribution in [2.24, 2.45) is 11.7 Å². The molecule has 19 heavy (non-hydrogen) atoms. The van der Waals surface area contributed by atoms with Gasteiger partial charge in [-0.3, -0.25) is 9.59 Å². The number of hydrogen-bond donors (Lipinski definition) is 3. The Labute approximate surface area is 108 Å². The average Bonchev–Trinajstić information content (AvgIpc) is 2.95. The molecule has 2 atom stereocenters. The van der Waals surface area contributed by atoms with Gasteiger partial charge in [-0.1, -0.05) is 0 Å². The van der Waals surface area contributed by atoms with Gasteiger partial charge < -0.3 is 20.7 Å². The van der Waals surface area contributed by atoms with E-state index in [0.29, 0.717) is 5.69 Å². The summed E-state index contributed by atoms with van der Waals surface area (Å²) in [5.74, 6) is -2.68. The van der Waals surface area contributed by atoms with Crippen molar-refractivity contribution in [2.45, 2.75) is 18.9 Å². The van der Waals surface area contributed by atoms with E-state index >= 15 is 0 Å². The number of H-pyrrole nitrogens is 1. The molecule has 1 aromatic heterocycles. The second-order valence-electron chi connectivity index (χ2n) is 4.48. The van der Waals surface area contributed by atoms with Crippen molar-refractivity contribution in [1.82, 2.24) is 14.9 Å². The smallest absolute Gasteiger partial charge is 0.326 e. The molecule has 0 spiro atoms. The zero-order valence-corrected chi connectivity index (χ0v) is 10.1. The molecule has 0 bridgehead atoms. The zero-order chi connectivity index (χ0) is 14.0. The Hall–Kier alpha value is -2.38. The first-order valence-corrected chi connectivity index (χ1v) is 5.78. The number of aliphatic carboxylic acids is 1. The molecule has 0 aliphatic carbocycles. The summed E-state index contributed by atoms with van der Waals surface area (Å²) in [5, 5.41) is 9.23. The van der Waals surface area contributed by atoms with Crippen molar-refractivity contribution in [1.29, 1.82) is 0 Å². The minimum absolute atomic E-state index is 0.0257. The highest BCUT2D eigenvalue weighted by Crippen LogP contribution is 2.21. The standard InChI is InChI=1S/C11H14N4O4/c12-10(17)6-1-9(16)15(4-6)8(11(18)19)2-7-3-13-5-14-7/h3,5-6,8H,1-2,4H2,(H2,12,17)(H,13,14)(H,18,19)/t6?,8-/m0/s1. The fraction of sp³-hybridized carbons (Fsp3) is 0.455. The normalized spacial score (nSPS) is 20.5. The lowest BCUT2D eigenvalue weighted by Gasteiger charge is -2.24. The number of nitrogens with one attached hydrogen (secondary N) is 1. The van der Waals surface area contributed by atoms with Gasteiger partial charge in [0.15, 0.2) is 0 Å². The first-order chi connectivity index (χ1) is 8.99. The van der Waals surface area contributed by atoms with Crippen LogP contribution in [0.15, 0.2) is 12.5 Å². The van der Waals surface area contributed by atoms with Crippen LogP contribution in [0.4, 0.5) is 0 Å². The highest BCUT2D eigenvalue weighted by molar-refractivity contribution is 5.91. The van der Waals surface area contributed by atoms with Gasteiger partial charge in [0, 0.05) is 31.3 Å². The molecule has 2 heterocycles. The summed E-state index contributed by atoms with van der Waals surface area (Å²) >= 11 is 0. The van der Waals surface area contributed by atoms with Gasteiger partial charge in [-0.25, -0.2) is 9.78 Å². The second kappa shape index (κ2) is 5.09. The first kappa shape index (κ1) is 13.1. The summed E-state index contributed by atoms with van der Waals surface area (Å²) in [5.41, 5.74) is 5.77. The van der Waals surface area contributed by atoms with Gasteiger partial charge in [0.2, 0.25) is 11.8 Å². The molecule has 0 aromatic carbocycles. The molecule has 1 aliphatic heterocycles. The molecule has 1 aromatic rings. The van der Waals surface area contributed by atoms with Gasteiger partial charge in [0.1, 0.15) is 6.04 Å². The van der Waals surface area contributed by atoms with Crippen molar-refractivity contribution >= 4 is 17.8 Å². The van der Waals surface area contributed by atoms with E-state index in [1.54, 1.807) is 0 Å². The number of carbonyl (C=O) groups is 3. The summed E-state index contributed by atoms with van der Waals surface area (Å²) in [6, 6.07) is -1.02. The van der Waals surface area contributed by atoms with Crippen LogP contribution in [0.1, 0.15) is 12.1 Å². The van der Waals surface area contributed by atoms with Crippen LogP contribution in [0.5, 0.6) is 0 Å². The van der Waals surface area contributed by atoms with Crippen LogP contribution < -0.4 is 5.73 Å². The maximum Gasteiger partial charge on any atom is 0.326 e. The summed E-state index contributed by atoms with van der Waals surface area (Å²) in [4.78, 5) is 41.9. The van der Waals surface area contributed by atoms with E-state index in [1.807, 2.05) is 0 Å². The first-order valence-electron chi connectivity index (χ1n) is 5.78. The summed E-state index contributed by atoms with van der Waals surface area (Å²) in [6.45, 7) is 0.0548. The van der Waals surface area contributed by atoms with Crippen molar-refractivity contribution < 1.29 is 19.5 Å². The molecule has 8 heteroatoms. The number of rotatable bonds is 5. The van der Waals surface area contributed by atoms with Gasteiger partial charge in [-0.05, 0) is 0 Å². The highest BCUT2D eigenvalue weighted by atomic mass is 16.4. The number of aromatic amines is 1. The third-order valence-electron chi connectivity index (χ3n) is 3.19. The fourth-order valence-corrected chi connectivity index (χ4v) is 2.16. The average molecular weight is 266 g/mol. The van der Waals surface area contributed by atoms with Crippen molar-refractivity contribution in [2.75, 3.05) is 6.54 Å². The van der Waals surface area contributed by atoms with Crippen LogP contribution in [-0.2, 0) is 20.8 Å². The Morgan fingerprint density at radius 3 is 2.84 bits per heavy atom. The summed E-state index contributed by atoms with van der Waals surface area (Å²) in [7, 11) is 0. The Kier molecular flexibility index (Phi) is 3.50. The molecule has 2 rings (SSSR count). The van der Waals surface area contributed by atoms with E-state index in [0.717, 1.165) is 0 Å². The topological polar surface area (TPSA) is 129 Å². The molecule has 1 aliphatic rings. The Morgan fingerprint density at radius 2 is 2.37 bits per heavy atom. The lowest BCUT2D eigenvalue weighted by molar-refractivity contribution is -0.148. The van der Waals surface area contributed by atoms with Crippen LogP contribution in [-0.4, -0.2) is 50.3 Å². The van der Waals surface area contributed by atoms with E-state index in [9.17, 15) is 19.5 Å². The molecule has 0 radical (unpaired) electrons. The Balaban J connectivity index is 2.13. The maximum absolute atomic E-state index is 11.8. The molecular weight excluding hydrogens is 252 g/mol. The Morgan fingerprint density at radius 1 is 1.63 bits per heavy atom. The molecule has 102 valence electrons. The number of aromatic nitrogens is 2. The van der Waals surface area contributed by atoms with Crippen LogP contribution >= 0.6 is 0 Å². The molecule has 8 nitrogen and oxygen atoms in total. The summed E-state index contributed by atoms with van der Waals surface area (Å²) < 4.78 is 0. The number of hydrogen-bond acceptors (Lipinski definition) is 4. The van der Waals surface area contributed by atoms with Gasteiger partial charge in [-0.15, -0.1) is 0 Å². The summed E-state index contributed by atoms with van der Waals surface area (Å²) in [6.07, 6.45) is 3.03. The number of nitrogens with two attached hydrogens (primary N) is 1. The van der Waals surface area contributed by atoms with Gasteiger partial charge >= 0.3 is 5.97 Å². The number of imidazole rings is 1. The second-order valence-corrected chi connectivity index (χ2v) is 4.48. The lowest BCUT2D eigenvalue weighted by atomic mass is 10.1. The molecule has 4 N–H and O–H groups in total. The molecule has 1 unspecified atom stereocenters. The minimum atomic E-state index is -1.12. The zero-order valence-electron chi connectivity index (χ0n) is 10.1. The predicted octanol–water partition coefficient (Wildman–Crippen LogP) is -1.26. The van der Waals surface area contributed by atoms with Crippen LogP contribution in [0.3, 0.4) is 0 Å². The number of carboxylic acid groups (broad SMARTS) is 1. The minimum Gasteiger partial charge on any atom is -0.480 e. The predicted molar refractivity (Wildman–Crippen MR) is 62.7 cm³/mol. The molecule has 1 fully saturated rings. The number of likely N-dealkylation sites (tertiary alicyclic amines) is 1. The Bertz CT molecular complexity index is 499. The molecule has 0 saturated carbocycles.